The zero-order chi connectivity index (χ0) is 21.1. The Bertz CT molecular complexity index is 990. The molecule has 0 bridgehead atoms. The summed E-state index contributed by atoms with van der Waals surface area (Å²) in [6, 6.07) is 11.8. The summed E-state index contributed by atoms with van der Waals surface area (Å²) in [6.07, 6.45) is 3.47. The van der Waals surface area contributed by atoms with E-state index in [9.17, 15) is 4.79 Å². The first kappa shape index (κ1) is 20.5. The number of carbonyl (C=O) groups is 1. The molecule has 0 spiro atoms. The Hall–Kier alpha value is -2.81. The fourth-order valence-electron chi connectivity index (χ4n) is 3.43. The second kappa shape index (κ2) is 8.91. The summed E-state index contributed by atoms with van der Waals surface area (Å²) in [6.45, 7) is 6.08. The monoisotopic (exact) mass is 423 g/mol. The number of nitrogens with one attached hydrogen (secondary N) is 3. The Kier molecular flexibility index (Phi) is 6.08. The van der Waals surface area contributed by atoms with Crippen molar-refractivity contribution in [1.82, 2.24) is 26.1 Å². The van der Waals surface area contributed by atoms with Crippen molar-refractivity contribution < 1.29 is 9.53 Å². The van der Waals surface area contributed by atoms with Crippen LogP contribution in [-0.2, 0) is 0 Å². The Morgan fingerprint density at radius 3 is 2.57 bits per heavy atom. The fraction of sp³-hybridized carbons (Fsp3) is 0.318. The first-order valence-corrected chi connectivity index (χ1v) is 10.8. The molecule has 156 valence electrons. The van der Waals surface area contributed by atoms with Gasteiger partial charge in [-0.1, -0.05) is 6.92 Å². The van der Waals surface area contributed by atoms with Gasteiger partial charge in [-0.3, -0.25) is 9.78 Å². The zero-order valence-corrected chi connectivity index (χ0v) is 17.9. The molecule has 1 amide bonds. The van der Waals surface area contributed by atoms with Gasteiger partial charge < -0.3 is 10.1 Å². The number of rotatable bonds is 6. The maximum atomic E-state index is 12.7. The lowest BCUT2D eigenvalue weighted by molar-refractivity contribution is 0.0918. The van der Waals surface area contributed by atoms with Crippen molar-refractivity contribution in [3.05, 3.63) is 65.4 Å². The van der Waals surface area contributed by atoms with Crippen molar-refractivity contribution in [2.75, 3.05) is 0 Å². The van der Waals surface area contributed by atoms with Crippen molar-refractivity contribution in [2.45, 2.75) is 39.1 Å². The number of carbonyl (C=O) groups excluding carboxylic acids is 1. The lowest BCUT2D eigenvalue weighted by Crippen LogP contribution is -2.46. The first-order chi connectivity index (χ1) is 14.5. The van der Waals surface area contributed by atoms with E-state index in [0.717, 1.165) is 21.9 Å². The van der Waals surface area contributed by atoms with E-state index in [1.165, 1.54) is 11.3 Å². The van der Waals surface area contributed by atoms with E-state index >= 15 is 0 Å². The van der Waals surface area contributed by atoms with Gasteiger partial charge in [-0.25, -0.2) is 15.8 Å². The van der Waals surface area contributed by atoms with Crippen LogP contribution in [0, 0.1) is 5.92 Å². The smallest absolute Gasteiger partial charge is 0.272 e. The van der Waals surface area contributed by atoms with Gasteiger partial charge in [0.25, 0.3) is 5.91 Å². The van der Waals surface area contributed by atoms with E-state index in [-0.39, 0.29) is 30.1 Å². The number of amides is 1. The highest BCUT2D eigenvalue weighted by Crippen LogP contribution is 2.28. The first-order valence-electron chi connectivity index (χ1n) is 9.95. The number of hydrogen-bond donors (Lipinski definition) is 3. The minimum Gasteiger partial charge on any atom is -0.491 e. The minimum atomic E-state index is -0.201. The van der Waals surface area contributed by atoms with Gasteiger partial charge in [-0.2, -0.15) is 0 Å². The van der Waals surface area contributed by atoms with Crippen LogP contribution in [0.5, 0.6) is 5.75 Å². The summed E-state index contributed by atoms with van der Waals surface area (Å²) in [4.78, 5) is 21.3. The molecule has 4 rings (SSSR count). The Balaban J connectivity index is 1.40. The number of ether oxygens (including phenoxy) is 1. The van der Waals surface area contributed by atoms with Gasteiger partial charge in [0, 0.05) is 29.3 Å². The van der Waals surface area contributed by atoms with E-state index in [1.54, 1.807) is 17.8 Å². The van der Waals surface area contributed by atoms with Gasteiger partial charge >= 0.3 is 0 Å². The number of hydrogen-bond acceptors (Lipinski definition) is 7. The molecule has 1 aromatic carbocycles. The van der Waals surface area contributed by atoms with Gasteiger partial charge in [0.1, 0.15) is 16.5 Å². The average Bonchev–Trinajstić information content (AvgIpc) is 3.37. The number of thiazole rings is 1. The van der Waals surface area contributed by atoms with Crippen molar-refractivity contribution in [2.24, 2.45) is 5.92 Å². The molecule has 1 fully saturated rings. The average molecular weight is 424 g/mol. The molecule has 30 heavy (non-hydrogen) atoms. The minimum absolute atomic E-state index is 0.0934. The van der Waals surface area contributed by atoms with E-state index in [2.05, 4.69) is 33.1 Å². The van der Waals surface area contributed by atoms with Crippen LogP contribution in [0.25, 0.3) is 10.6 Å². The number of hydrazine groups is 1. The largest absolute Gasteiger partial charge is 0.491 e. The molecule has 3 N–H and O–H groups in total. The SMILES string of the molecule is CC(C)Oc1ccc(-c2nc(C(=O)NC3NNC(c4ccncc4)C3C)cs2)cc1. The normalized spacial score (nSPS) is 21.0. The summed E-state index contributed by atoms with van der Waals surface area (Å²) in [5.74, 6) is 0.780. The number of pyridine rings is 1. The predicted octanol–water partition coefficient (Wildman–Crippen LogP) is 3.53. The molecule has 1 aliphatic heterocycles. The predicted molar refractivity (Wildman–Crippen MR) is 117 cm³/mol. The van der Waals surface area contributed by atoms with E-state index in [0.29, 0.717) is 5.69 Å². The zero-order valence-electron chi connectivity index (χ0n) is 17.1. The lowest BCUT2D eigenvalue weighted by Gasteiger charge is -2.19. The number of benzene rings is 1. The third-order valence-corrected chi connectivity index (χ3v) is 5.90. The second-order valence-corrected chi connectivity index (χ2v) is 8.44. The molecule has 0 aliphatic carbocycles. The topological polar surface area (TPSA) is 88.2 Å². The van der Waals surface area contributed by atoms with Gasteiger partial charge in [0.2, 0.25) is 0 Å². The van der Waals surface area contributed by atoms with Gasteiger partial charge in [-0.05, 0) is 55.8 Å². The van der Waals surface area contributed by atoms with Crippen LogP contribution in [0.2, 0.25) is 0 Å². The van der Waals surface area contributed by atoms with Crippen LogP contribution in [0.3, 0.4) is 0 Å². The summed E-state index contributed by atoms with van der Waals surface area (Å²) in [5, 5.41) is 5.63. The summed E-state index contributed by atoms with van der Waals surface area (Å²) in [5.41, 5.74) is 8.94. The Labute approximate surface area is 179 Å². The van der Waals surface area contributed by atoms with Crippen LogP contribution in [0.1, 0.15) is 42.9 Å². The molecular weight excluding hydrogens is 398 g/mol. The molecule has 3 aromatic rings. The lowest BCUT2D eigenvalue weighted by atomic mass is 9.95. The molecule has 2 aromatic heterocycles. The van der Waals surface area contributed by atoms with Crippen LogP contribution < -0.4 is 20.9 Å². The summed E-state index contributed by atoms with van der Waals surface area (Å²) in [7, 11) is 0. The quantitative estimate of drug-likeness (QED) is 0.562. The van der Waals surface area contributed by atoms with Crippen LogP contribution in [0.4, 0.5) is 0 Å². The highest BCUT2D eigenvalue weighted by molar-refractivity contribution is 7.13. The molecule has 3 heterocycles. The molecule has 1 saturated heterocycles. The summed E-state index contributed by atoms with van der Waals surface area (Å²) >= 11 is 1.45. The maximum Gasteiger partial charge on any atom is 0.272 e. The number of aromatic nitrogens is 2. The molecule has 8 heteroatoms. The standard InChI is InChI=1S/C22H25N5O2S/c1-13(2)29-17-6-4-16(5-7-17)22-24-18(12-30-22)21(28)25-20-14(3)19(26-27-20)15-8-10-23-11-9-15/h4-14,19-20,26-27H,1-3H3,(H,25,28). The second-order valence-electron chi connectivity index (χ2n) is 7.59. The van der Waals surface area contributed by atoms with E-state index < -0.39 is 0 Å². The molecule has 0 radical (unpaired) electrons. The van der Waals surface area contributed by atoms with Crippen LogP contribution in [0.15, 0.2) is 54.2 Å². The van der Waals surface area contributed by atoms with Gasteiger partial charge in [0.05, 0.1) is 18.3 Å². The molecule has 3 atom stereocenters. The van der Waals surface area contributed by atoms with Crippen molar-refractivity contribution >= 4 is 17.2 Å². The van der Waals surface area contributed by atoms with Crippen molar-refractivity contribution in [3.8, 4) is 16.3 Å². The highest BCUT2D eigenvalue weighted by atomic mass is 32.1. The van der Waals surface area contributed by atoms with Gasteiger partial charge in [0.15, 0.2) is 0 Å². The Morgan fingerprint density at radius 1 is 1.13 bits per heavy atom. The number of nitrogens with zero attached hydrogens (tertiary/aromatic N) is 2. The van der Waals surface area contributed by atoms with Crippen molar-refractivity contribution in [3.63, 3.8) is 0 Å². The van der Waals surface area contributed by atoms with Crippen molar-refractivity contribution in [1.29, 1.82) is 0 Å². The third-order valence-electron chi connectivity index (χ3n) is 5.01. The molecule has 3 unspecified atom stereocenters. The van der Waals surface area contributed by atoms with Gasteiger partial charge in [-0.15, -0.1) is 11.3 Å². The third kappa shape index (κ3) is 4.51. The maximum absolute atomic E-state index is 12.7. The Morgan fingerprint density at radius 2 is 1.87 bits per heavy atom. The van der Waals surface area contributed by atoms with E-state index in [1.807, 2.05) is 50.2 Å². The summed E-state index contributed by atoms with van der Waals surface area (Å²) < 4.78 is 5.68. The van der Waals surface area contributed by atoms with E-state index in [4.69, 9.17) is 4.74 Å². The molecule has 0 saturated carbocycles. The van der Waals surface area contributed by atoms with Crippen LogP contribution in [-0.4, -0.2) is 28.1 Å². The fourth-order valence-corrected chi connectivity index (χ4v) is 4.24. The highest BCUT2D eigenvalue weighted by Gasteiger charge is 2.34. The molecular formula is C22H25N5O2S. The molecule has 7 nitrogen and oxygen atoms in total. The van der Waals surface area contributed by atoms with Crippen LogP contribution >= 0.6 is 11.3 Å². The molecule has 1 aliphatic rings.